The molecule has 29 heavy (non-hydrogen) atoms. The number of hydrogen-bond donors (Lipinski definition) is 2. The van der Waals surface area contributed by atoms with E-state index in [0.717, 1.165) is 29.5 Å². The van der Waals surface area contributed by atoms with Crippen LogP contribution in [0.3, 0.4) is 0 Å². The van der Waals surface area contributed by atoms with Crippen LogP contribution in [0.25, 0.3) is 6.08 Å². The second kappa shape index (κ2) is 10.1. The van der Waals surface area contributed by atoms with Crippen molar-refractivity contribution in [3.8, 4) is 0 Å². The molecule has 6 heteroatoms. The Morgan fingerprint density at radius 2 is 2.07 bits per heavy atom. The molecule has 1 aromatic rings. The molecule has 2 rings (SSSR count). The lowest BCUT2D eigenvalue weighted by atomic mass is 9.79. The zero-order valence-corrected chi connectivity index (χ0v) is 18.4. The van der Waals surface area contributed by atoms with Crippen LogP contribution >= 0.6 is 11.6 Å². The average molecular weight is 419 g/mol. The number of halogens is 1. The van der Waals surface area contributed by atoms with Crippen molar-refractivity contribution in [1.82, 2.24) is 10.2 Å². The molecule has 0 spiro atoms. The SMILES string of the molecule is CNC(C)(/C(=C\N(C=O)CCC(=O)O)C(C)C)c1ccc(C=C2CCC2)c(Cl)c1. The predicted octanol–water partition coefficient (Wildman–Crippen LogP) is 4.81. The van der Waals surface area contributed by atoms with Crippen LogP contribution < -0.4 is 5.32 Å². The van der Waals surface area contributed by atoms with E-state index in [1.54, 1.807) is 6.20 Å². The normalized spacial score (nSPS) is 16.2. The molecule has 0 saturated heterocycles. The number of nitrogens with one attached hydrogen (secondary N) is 1. The molecule has 0 aliphatic heterocycles. The summed E-state index contributed by atoms with van der Waals surface area (Å²) in [6.45, 7) is 6.29. The van der Waals surface area contributed by atoms with Crippen molar-refractivity contribution in [1.29, 1.82) is 0 Å². The third kappa shape index (κ3) is 5.71. The Hall–Kier alpha value is -2.11. The number of hydrogen-bond acceptors (Lipinski definition) is 3. The third-order valence-electron chi connectivity index (χ3n) is 5.66. The van der Waals surface area contributed by atoms with Gasteiger partial charge in [-0.25, -0.2) is 0 Å². The molecule has 1 aromatic carbocycles. The van der Waals surface area contributed by atoms with Gasteiger partial charge in [-0.1, -0.05) is 49.2 Å². The first kappa shape index (κ1) is 23.2. The second-order valence-corrected chi connectivity index (χ2v) is 8.40. The molecule has 1 aliphatic carbocycles. The van der Waals surface area contributed by atoms with E-state index in [-0.39, 0.29) is 18.9 Å². The summed E-state index contributed by atoms with van der Waals surface area (Å²) >= 11 is 6.60. The number of carboxylic acid groups (broad SMARTS) is 1. The minimum Gasteiger partial charge on any atom is -0.481 e. The molecule has 1 amide bonds. The molecule has 1 unspecified atom stereocenters. The van der Waals surface area contributed by atoms with Gasteiger partial charge in [-0.2, -0.15) is 0 Å². The Bertz CT molecular complexity index is 810. The van der Waals surface area contributed by atoms with Crippen molar-refractivity contribution in [2.75, 3.05) is 13.6 Å². The van der Waals surface area contributed by atoms with Crippen molar-refractivity contribution in [3.63, 3.8) is 0 Å². The summed E-state index contributed by atoms with van der Waals surface area (Å²) in [5, 5.41) is 13.0. The number of rotatable bonds is 10. The van der Waals surface area contributed by atoms with Gasteiger partial charge in [0.15, 0.2) is 0 Å². The van der Waals surface area contributed by atoms with Crippen LogP contribution in [-0.4, -0.2) is 36.0 Å². The van der Waals surface area contributed by atoms with Crippen molar-refractivity contribution >= 4 is 30.1 Å². The molecule has 0 heterocycles. The Labute approximate surface area is 178 Å². The van der Waals surface area contributed by atoms with E-state index in [2.05, 4.69) is 38.2 Å². The third-order valence-corrected chi connectivity index (χ3v) is 5.98. The van der Waals surface area contributed by atoms with Gasteiger partial charge in [0.1, 0.15) is 0 Å². The first-order valence-corrected chi connectivity index (χ1v) is 10.4. The number of likely N-dealkylation sites (N-methyl/N-ethyl adjacent to an activating group) is 1. The topological polar surface area (TPSA) is 69.6 Å². The highest BCUT2D eigenvalue weighted by Gasteiger charge is 2.32. The van der Waals surface area contributed by atoms with Crippen LogP contribution in [0.2, 0.25) is 5.02 Å². The largest absolute Gasteiger partial charge is 0.481 e. The first-order valence-electron chi connectivity index (χ1n) is 10.0. The van der Waals surface area contributed by atoms with Gasteiger partial charge in [0.05, 0.1) is 12.0 Å². The number of carbonyl (C=O) groups is 2. The summed E-state index contributed by atoms with van der Waals surface area (Å²) in [6, 6.07) is 6.08. The van der Waals surface area contributed by atoms with Crippen LogP contribution in [0, 0.1) is 5.92 Å². The van der Waals surface area contributed by atoms with E-state index in [4.69, 9.17) is 16.7 Å². The van der Waals surface area contributed by atoms with Gasteiger partial charge < -0.3 is 15.3 Å². The van der Waals surface area contributed by atoms with Gasteiger partial charge in [-0.05, 0) is 61.9 Å². The highest BCUT2D eigenvalue weighted by atomic mass is 35.5. The monoisotopic (exact) mass is 418 g/mol. The number of aliphatic carboxylic acids is 1. The van der Waals surface area contributed by atoms with Crippen LogP contribution in [0.4, 0.5) is 0 Å². The molecule has 0 radical (unpaired) electrons. The maximum Gasteiger partial charge on any atom is 0.305 e. The summed E-state index contributed by atoms with van der Waals surface area (Å²) in [6.07, 6.45) is 8.03. The quantitative estimate of drug-likeness (QED) is 0.534. The molecule has 0 aromatic heterocycles. The van der Waals surface area contributed by atoms with Crippen molar-refractivity contribution in [2.24, 2.45) is 5.92 Å². The fourth-order valence-electron chi connectivity index (χ4n) is 3.56. The molecule has 1 saturated carbocycles. The summed E-state index contributed by atoms with van der Waals surface area (Å²) in [5.74, 6) is -0.814. The maximum absolute atomic E-state index is 11.5. The van der Waals surface area contributed by atoms with Gasteiger partial charge in [0.2, 0.25) is 6.41 Å². The molecule has 0 bridgehead atoms. The zero-order chi connectivity index (χ0) is 21.6. The molecule has 1 atom stereocenters. The lowest BCUT2D eigenvalue weighted by Gasteiger charge is -2.36. The van der Waals surface area contributed by atoms with Gasteiger partial charge in [0.25, 0.3) is 0 Å². The van der Waals surface area contributed by atoms with Gasteiger partial charge in [0, 0.05) is 17.8 Å². The fraction of sp³-hybridized carbons (Fsp3) is 0.478. The minimum absolute atomic E-state index is 0.105. The smallest absolute Gasteiger partial charge is 0.305 e. The molecular weight excluding hydrogens is 388 g/mol. The second-order valence-electron chi connectivity index (χ2n) is 7.99. The van der Waals surface area contributed by atoms with Crippen molar-refractivity contribution in [3.05, 3.63) is 51.7 Å². The summed E-state index contributed by atoms with van der Waals surface area (Å²) < 4.78 is 0. The van der Waals surface area contributed by atoms with Crippen LogP contribution in [0.5, 0.6) is 0 Å². The van der Waals surface area contributed by atoms with E-state index in [1.165, 1.54) is 16.9 Å². The van der Waals surface area contributed by atoms with Crippen LogP contribution in [0.15, 0.2) is 35.5 Å². The average Bonchev–Trinajstić information content (AvgIpc) is 2.64. The van der Waals surface area contributed by atoms with Gasteiger partial charge >= 0.3 is 5.97 Å². The number of carboxylic acids is 1. The summed E-state index contributed by atoms with van der Waals surface area (Å²) in [4.78, 5) is 23.8. The van der Waals surface area contributed by atoms with E-state index in [0.29, 0.717) is 11.4 Å². The molecule has 1 aliphatic rings. The van der Waals surface area contributed by atoms with E-state index < -0.39 is 11.5 Å². The Morgan fingerprint density at radius 3 is 2.52 bits per heavy atom. The Morgan fingerprint density at radius 1 is 1.38 bits per heavy atom. The van der Waals surface area contributed by atoms with E-state index in [1.807, 2.05) is 19.2 Å². The number of carbonyl (C=O) groups excluding carboxylic acids is 1. The fourth-order valence-corrected chi connectivity index (χ4v) is 3.80. The number of nitrogens with zero attached hydrogens (tertiary/aromatic N) is 1. The molecular formula is C23H31ClN2O3. The Balaban J connectivity index is 2.41. The predicted molar refractivity (Wildman–Crippen MR) is 118 cm³/mol. The molecule has 5 nitrogen and oxygen atoms in total. The van der Waals surface area contributed by atoms with Crippen molar-refractivity contribution < 1.29 is 14.7 Å². The summed E-state index contributed by atoms with van der Waals surface area (Å²) in [7, 11) is 1.87. The highest BCUT2D eigenvalue weighted by Crippen LogP contribution is 2.37. The van der Waals surface area contributed by atoms with E-state index in [9.17, 15) is 9.59 Å². The molecule has 1 fully saturated rings. The minimum atomic E-state index is -0.935. The van der Waals surface area contributed by atoms with Gasteiger partial charge in [-0.3, -0.25) is 9.59 Å². The Kier molecular flexibility index (Phi) is 8.05. The highest BCUT2D eigenvalue weighted by molar-refractivity contribution is 6.32. The van der Waals surface area contributed by atoms with Crippen LogP contribution in [-0.2, 0) is 15.1 Å². The standard InChI is InChI=1S/C23H31ClN2O3/c1-16(2)20(14-26(15-27)11-10-22(28)29)23(3,25-4)19-9-8-18(21(24)13-19)12-17-6-5-7-17/h8-9,12-16,25H,5-7,10-11H2,1-4H3,(H,28,29)/b20-14-. The molecule has 158 valence electrons. The van der Waals surface area contributed by atoms with Crippen LogP contribution in [0.1, 0.15) is 57.6 Å². The van der Waals surface area contributed by atoms with Crippen molar-refractivity contribution in [2.45, 2.75) is 52.0 Å². The first-order chi connectivity index (χ1) is 13.7. The van der Waals surface area contributed by atoms with Gasteiger partial charge in [-0.15, -0.1) is 0 Å². The number of allylic oxidation sites excluding steroid dienone is 1. The zero-order valence-electron chi connectivity index (χ0n) is 17.7. The number of benzene rings is 1. The lowest BCUT2D eigenvalue weighted by molar-refractivity contribution is -0.137. The molecule has 2 N–H and O–H groups in total. The number of amides is 1. The van der Waals surface area contributed by atoms with E-state index >= 15 is 0 Å². The summed E-state index contributed by atoms with van der Waals surface area (Å²) in [5.41, 5.74) is 3.85. The lowest BCUT2D eigenvalue weighted by Crippen LogP contribution is -2.41. The maximum atomic E-state index is 11.5.